The van der Waals surface area contributed by atoms with Crippen molar-refractivity contribution in [1.82, 2.24) is 0 Å². The molecular formula is C3H6O3S. The van der Waals surface area contributed by atoms with E-state index in [1.165, 1.54) is 0 Å². The van der Waals surface area contributed by atoms with E-state index in [9.17, 15) is 4.21 Å². The zero-order chi connectivity index (χ0) is 5.28. The Kier molecular flexibility index (Phi) is 1.41. The molecule has 0 aliphatic heterocycles. The summed E-state index contributed by atoms with van der Waals surface area (Å²) in [6, 6.07) is 0. The second-order valence-electron chi connectivity index (χ2n) is 1.51. The van der Waals surface area contributed by atoms with Crippen molar-refractivity contribution < 1.29 is 12.9 Å². The minimum atomic E-state index is -2.03. The van der Waals surface area contributed by atoms with Crippen LogP contribution in [0.4, 0.5) is 0 Å². The molecule has 1 fully saturated rings. The summed E-state index contributed by atoms with van der Waals surface area (Å²) in [7, 11) is 0. The van der Waals surface area contributed by atoms with E-state index in [1.807, 2.05) is 0 Å². The predicted octanol–water partition coefficient (Wildman–Crippen LogP) is 0.302. The van der Waals surface area contributed by atoms with Crippen LogP contribution in [0.5, 0.6) is 0 Å². The van der Waals surface area contributed by atoms with Crippen LogP contribution in [0.1, 0.15) is 12.8 Å². The highest BCUT2D eigenvalue weighted by Crippen LogP contribution is 2.23. The topological polar surface area (TPSA) is 46.5 Å². The SMILES string of the molecule is O=S(O)OC1CC1. The van der Waals surface area contributed by atoms with Gasteiger partial charge < -0.3 is 0 Å². The molecule has 1 aliphatic carbocycles. The third kappa shape index (κ3) is 2.01. The standard InChI is InChI=1S/C3H6O3S/c4-7(5)6-3-1-2-3/h3H,1-2H2,(H,4,5). The van der Waals surface area contributed by atoms with Gasteiger partial charge in [-0.2, -0.15) is 4.21 Å². The molecule has 3 nitrogen and oxygen atoms in total. The van der Waals surface area contributed by atoms with Crippen LogP contribution in [-0.4, -0.2) is 14.9 Å². The molecule has 0 aromatic rings. The smallest absolute Gasteiger partial charge is 0.284 e. The van der Waals surface area contributed by atoms with Crippen LogP contribution in [0.2, 0.25) is 0 Å². The molecule has 0 spiro atoms. The van der Waals surface area contributed by atoms with Crippen molar-refractivity contribution in [1.29, 1.82) is 0 Å². The average molecular weight is 122 g/mol. The van der Waals surface area contributed by atoms with Gasteiger partial charge in [0.15, 0.2) is 0 Å². The lowest BCUT2D eigenvalue weighted by atomic mass is 10.9. The van der Waals surface area contributed by atoms with E-state index in [2.05, 4.69) is 4.18 Å². The van der Waals surface area contributed by atoms with Crippen molar-refractivity contribution in [2.24, 2.45) is 0 Å². The van der Waals surface area contributed by atoms with Crippen molar-refractivity contribution in [3.8, 4) is 0 Å². The van der Waals surface area contributed by atoms with Gasteiger partial charge >= 0.3 is 11.4 Å². The highest BCUT2D eigenvalue weighted by Gasteiger charge is 2.24. The summed E-state index contributed by atoms with van der Waals surface area (Å²) in [5, 5.41) is 0. The van der Waals surface area contributed by atoms with E-state index in [4.69, 9.17) is 4.55 Å². The first-order valence-electron chi connectivity index (χ1n) is 2.07. The van der Waals surface area contributed by atoms with Crippen LogP contribution < -0.4 is 0 Å². The van der Waals surface area contributed by atoms with Crippen molar-refractivity contribution in [3.05, 3.63) is 0 Å². The number of hydrogen-bond acceptors (Lipinski definition) is 2. The van der Waals surface area contributed by atoms with E-state index in [0.29, 0.717) is 0 Å². The zero-order valence-electron chi connectivity index (χ0n) is 3.66. The fraction of sp³-hybridized carbons (Fsp3) is 1.00. The van der Waals surface area contributed by atoms with Gasteiger partial charge in [-0.1, -0.05) is 0 Å². The normalized spacial score (nSPS) is 24.7. The third-order valence-corrected chi connectivity index (χ3v) is 1.18. The summed E-state index contributed by atoms with van der Waals surface area (Å²) < 4.78 is 22.1. The number of hydrogen-bond donors (Lipinski definition) is 1. The van der Waals surface area contributed by atoms with Crippen LogP contribution in [-0.2, 0) is 15.5 Å². The Morgan fingerprint density at radius 3 is 2.43 bits per heavy atom. The maximum absolute atomic E-state index is 9.74. The second kappa shape index (κ2) is 1.90. The van der Waals surface area contributed by atoms with Crippen molar-refractivity contribution in [3.63, 3.8) is 0 Å². The molecule has 1 saturated carbocycles. The summed E-state index contributed by atoms with van der Waals surface area (Å²) in [6.45, 7) is 0. The van der Waals surface area contributed by atoms with Crippen LogP contribution in [0.3, 0.4) is 0 Å². The summed E-state index contributed by atoms with van der Waals surface area (Å²) in [6.07, 6.45) is 1.95. The molecular weight excluding hydrogens is 116 g/mol. The van der Waals surface area contributed by atoms with Gasteiger partial charge in [0, 0.05) is 0 Å². The monoisotopic (exact) mass is 122 g/mol. The molecule has 1 N–H and O–H groups in total. The minimum absolute atomic E-state index is 0.0748. The molecule has 42 valence electrons. The summed E-state index contributed by atoms with van der Waals surface area (Å²) in [4.78, 5) is 0. The van der Waals surface area contributed by atoms with E-state index in [-0.39, 0.29) is 6.10 Å². The molecule has 0 aromatic heterocycles. The van der Waals surface area contributed by atoms with Gasteiger partial charge in [-0.25, -0.2) is 0 Å². The molecule has 1 unspecified atom stereocenters. The van der Waals surface area contributed by atoms with Gasteiger partial charge in [0.2, 0.25) is 0 Å². The van der Waals surface area contributed by atoms with Gasteiger partial charge in [-0.15, -0.1) is 0 Å². The molecule has 4 heteroatoms. The lowest BCUT2D eigenvalue weighted by Gasteiger charge is -1.87. The Bertz CT molecular complexity index is 88.2. The maximum Gasteiger partial charge on any atom is 0.302 e. The summed E-state index contributed by atoms with van der Waals surface area (Å²) in [5.74, 6) is 0. The maximum atomic E-state index is 9.74. The Morgan fingerprint density at radius 2 is 2.29 bits per heavy atom. The second-order valence-corrected chi connectivity index (χ2v) is 2.14. The lowest BCUT2D eigenvalue weighted by molar-refractivity contribution is 0.295. The van der Waals surface area contributed by atoms with Gasteiger partial charge in [-0.3, -0.25) is 8.74 Å². The van der Waals surface area contributed by atoms with Crippen molar-refractivity contribution in [2.75, 3.05) is 0 Å². The minimum Gasteiger partial charge on any atom is -0.284 e. The van der Waals surface area contributed by atoms with Crippen LogP contribution in [0.25, 0.3) is 0 Å². The van der Waals surface area contributed by atoms with Gasteiger partial charge in [0.05, 0.1) is 6.10 Å². The van der Waals surface area contributed by atoms with Crippen molar-refractivity contribution in [2.45, 2.75) is 18.9 Å². The van der Waals surface area contributed by atoms with Gasteiger partial charge in [0.1, 0.15) is 0 Å². The first kappa shape index (κ1) is 5.21. The number of rotatable bonds is 2. The Balaban J connectivity index is 2.08. The molecule has 0 radical (unpaired) electrons. The fourth-order valence-electron chi connectivity index (χ4n) is 0.281. The average Bonchev–Trinajstić information content (AvgIpc) is 2.17. The molecule has 0 heterocycles. The van der Waals surface area contributed by atoms with E-state index < -0.39 is 11.4 Å². The highest BCUT2D eigenvalue weighted by atomic mass is 32.2. The van der Waals surface area contributed by atoms with E-state index >= 15 is 0 Å². The molecule has 0 aromatic carbocycles. The lowest BCUT2D eigenvalue weighted by Crippen LogP contribution is -1.95. The third-order valence-electron chi connectivity index (χ3n) is 0.743. The van der Waals surface area contributed by atoms with E-state index in [1.54, 1.807) is 0 Å². The molecule has 1 rings (SSSR count). The zero-order valence-corrected chi connectivity index (χ0v) is 4.48. The highest BCUT2D eigenvalue weighted by molar-refractivity contribution is 7.74. The Hall–Kier alpha value is 0.0700. The molecule has 1 aliphatic rings. The van der Waals surface area contributed by atoms with Gasteiger partial charge in [-0.05, 0) is 12.8 Å². The molecule has 0 amide bonds. The molecule has 1 atom stereocenters. The molecule has 7 heavy (non-hydrogen) atoms. The Morgan fingerprint density at radius 1 is 1.71 bits per heavy atom. The van der Waals surface area contributed by atoms with Crippen molar-refractivity contribution >= 4 is 11.4 Å². The predicted molar refractivity (Wildman–Crippen MR) is 24.9 cm³/mol. The first-order chi connectivity index (χ1) is 3.29. The first-order valence-corrected chi connectivity index (χ1v) is 3.10. The molecule has 0 bridgehead atoms. The quantitative estimate of drug-likeness (QED) is 0.536. The van der Waals surface area contributed by atoms with Gasteiger partial charge in [0.25, 0.3) is 0 Å². The molecule has 0 saturated heterocycles. The van der Waals surface area contributed by atoms with Crippen LogP contribution >= 0.6 is 0 Å². The van der Waals surface area contributed by atoms with E-state index in [0.717, 1.165) is 12.8 Å². The summed E-state index contributed by atoms with van der Waals surface area (Å²) in [5.41, 5.74) is 0. The van der Waals surface area contributed by atoms with Crippen LogP contribution in [0.15, 0.2) is 0 Å². The Labute approximate surface area is 44.2 Å². The largest absolute Gasteiger partial charge is 0.302 e. The van der Waals surface area contributed by atoms with Crippen LogP contribution in [0, 0.1) is 0 Å². The fourth-order valence-corrected chi connectivity index (χ4v) is 0.706. The summed E-state index contributed by atoms with van der Waals surface area (Å²) >= 11 is -2.03.